The predicted octanol–water partition coefficient (Wildman–Crippen LogP) is 0.714. The van der Waals surface area contributed by atoms with Crippen LogP contribution in [0.5, 0.6) is 0 Å². The van der Waals surface area contributed by atoms with Crippen molar-refractivity contribution in [1.82, 2.24) is 0 Å². The van der Waals surface area contributed by atoms with Crippen LogP contribution < -0.4 is 0 Å². The molecule has 1 rings (SSSR count). The smallest absolute Gasteiger partial charge is 0.0777 e. The third kappa shape index (κ3) is 2.16. The van der Waals surface area contributed by atoms with Gasteiger partial charge in [-0.15, -0.1) is 0 Å². The lowest BCUT2D eigenvalue weighted by Crippen LogP contribution is -2.15. The van der Waals surface area contributed by atoms with E-state index in [9.17, 15) is 0 Å². The second-order valence-corrected chi connectivity index (χ2v) is 2.14. The zero-order chi connectivity index (χ0) is 6.53. The van der Waals surface area contributed by atoms with E-state index in [0.717, 1.165) is 19.4 Å². The molecule has 9 heavy (non-hydrogen) atoms. The molecule has 0 radical (unpaired) electrons. The SMILES string of the molecule is OCCC1C=CCCO1. The van der Waals surface area contributed by atoms with Crippen molar-refractivity contribution in [2.75, 3.05) is 13.2 Å². The standard InChI is InChI=1S/C7H12O2/c8-5-4-7-3-1-2-6-9-7/h1,3,7-8H,2,4-6H2. The van der Waals surface area contributed by atoms with Crippen molar-refractivity contribution in [3.63, 3.8) is 0 Å². The lowest BCUT2D eigenvalue weighted by Gasteiger charge is -2.15. The molecule has 0 aromatic heterocycles. The van der Waals surface area contributed by atoms with Crippen LogP contribution in [-0.2, 0) is 4.74 Å². The first kappa shape index (κ1) is 6.78. The van der Waals surface area contributed by atoms with Gasteiger partial charge in [-0.3, -0.25) is 0 Å². The van der Waals surface area contributed by atoms with Crippen molar-refractivity contribution in [2.24, 2.45) is 0 Å². The Morgan fingerprint density at radius 3 is 3.11 bits per heavy atom. The molecule has 0 saturated heterocycles. The average molecular weight is 128 g/mol. The fraction of sp³-hybridized carbons (Fsp3) is 0.714. The Balaban J connectivity index is 2.23. The molecule has 2 heteroatoms. The maximum atomic E-state index is 8.50. The van der Waals surface area contributed by atoms with Gasteiger partial charge < -0.3 is 9.84 Å². The van der Waals surface area contributed by atoms with E-state index in [0.29, 0.717) is 0 Å². The minimum atomic E-state index is 0.170. The largest absolute Gasteiger partial charge is 0.396 e. The molecule has 1 atom stereocenters. The minimum Gasteiger partial charge on any atom is -0.396 e. The molecule has 0 aromatic carbocycles. The molecule has 0 saturated carbocycles. The molecule has 1 N–H and O–H groups in total. The van der Waals surface area contributed by atoms with Crippen molar-refractivity contribution in [3.8, 4) is 0 Å². The Morgan fingerprint density at radius 1 is 1.67 bits per heavy atom. The van der Waals surface area contributed by atoms with Gasteiger partial charge >= 0.3 is 0 Å². The highest BCUT2D eigenvalue weighted by atomic mass is 16.5. The van der Waals surface area contributed by atoms with Crippen molar-refractivity contribution in [1.29, 1.82) is 0 Å². The van der Waals surface area contributed by atoms with Crippen molar-refractivity contribution >= 4 is 0 Å². The van der Waals surface area contributed by atoms with Crippen LogP contribution in [0.3, 0.4) is 0 Å². The lowest BCUT2D eigenvalue weighted by atomic mass is 10.2. The molecule has 0 aromatic rings. The van der Waals surface area contributed by atoms with Gasteiger partial charge in [-0.1, -0.05) is 12.2 Å². The summed E-state index contributed by atoms with van der Waals surface area (Å²) in [6.45, 7) is 1.02. The monoisotopic (exact) mass is 128 g/mol. The summed E-state index contributed by atoms with van der Waals surface area (Å²) < 4.78 is 5.27. The summed E-state index contributed by atoms with van der Waals surface area (Å²) in [6, 6.07) is 0. The molecule has 52 valence electrons. The fourth-order valence-corrected chi connectivity index (χ4v) is 0.898. The molecule has 1 aliphatic rings. The third-order valence-electron chi connectivity index (χ3n) is 1.38. The van der Waals surface area contributed by atoms with Crippen LogP contribution in [-0.4, -0.2) is 24.4 Å². The normalized spacial score (nSPS) is 26.6. The quantitative estimate of drug-likeness (QED) is 0.555. The van der Waals surface area contributed by atoms with Gasteiger partial charge in [0.2, 0.25) is 0 Å². The molecule has 0 spiro atoms. The number of hydrogen-bond acceptors (Lipinski definition) is 2. The number of aliphatic hydroxyl groups excluding tert-OH is 1. The van der Waals surface area contributed by atoms with Gasteiger partial charge in [-0.25, -0.2) is 0 Å². The molecule has 0 amide bonds. The van der Waals surface area contributed by atoms with Crippen molar-refractivity contribution in [3.05, 3.63) is 12.2 Å². The van der Waals surface area contributed by atoms with E-state index < -0.39 is 0 Å². The van der Waals surface area contributed by atoms with Crippen LogP contribution in [0, 0.1) is 0 Å². The lowest BCUT2D eigenvalue weighted by molar-refractivity contribution is 0.0615. The highest BCUT2D eigenvalue weighted by Crippen LogP contribution is 2.06. The molecule has 1 unspecified atom stereocenters. The summed E-state index contributed by atoms with van der Waals surface area (Å²) in [4.78, 5) is 0. The van der Waals surface area contributed by atoms with E-state index in [1.165, 1.54) is 0 Å². The maximum absolute atomic E-state index is 8.50. The Bertz CT molecular complexity index is 99.1. The molecule has 0 bridgehead atoms. The number of ether oxygens (including phenoxy) is 1. The molecular weight excluding hydrogens is 116 g/mol. The highest BCUT2D eigenvalue weighted by molar-refractivity contribution is 4.92. The zero-order valence-corrected chi connectivity index (χ0v) is 5.42. The van der Waals surface area contributed by atoms with Gasteiger partial charge in [-0.2, -0.15) is 0 Å². The van der Waals surface area contributed by atoms with Gasteiger partial charge in [0.25, 0.3) is 0 Å². The Labute approximate surface area is 55.1 Å². The van der Waals surface area contributed by atoms with Crippen LogP contribution in [0.4, 0.5) is 0 Å². The summed E-state index contributed by atoms with van der Waals surface area (Å²) in [5.74, 6) is 0. The number of hydrogen-bond donors (Lipinski definition) is 1. The van der Waals surface area contributed by atoms with Gasteiger partial charge in [-0.05, 0) is 6.42 Å². The van der Waals surface area contributed by atoms with E-state index in [4.69, 9.17) is 9.84 Å². The predicted molar refractivity (Wildman–Crippen MR) is 35.2 cm³/mol. The summed E-state index contributed by atoms with van der Waals surface area (Å²) in [5.41, 5.74) is 0. The van der Waals surface area contributed by atoms with Gasteiger partial charge in [0.1, 0.15) is 0 Å². The molecule has 2 nitrogen and oxygen atoms in total. The summed E-state index contributed by atoms with van der Waals surface area (Å²) >= 11 is 0. The van der Waals surface area contributed by atoms with Crippen LogP contribution in [0.2, 0.25) is 0 Å². The summed E-state index contributed by atoms with van der Waals surface area (Å²) in [7, 11) is 0. The van der Waals surface area contributed by atoms with Crippen LogP contribution in [0.15, 0.2) is 12.2 Å². The number of aliphatic hydroxyl groups is 1. The minimum absolute atomic E-state index is 0.170. The molecule has 0 aliphatic carbocycles. The summed E-state index contributed by atoms with van der Waals surface area (Å²) in [5, 5.41) is 8.50. The molecule has 1 heterocycles. The van der Waals surface area contributed by atoms with E-state index in [1.807, 2.05) is 6.08 Å². The Kier molecular flexibility index (Phi) is 2.74. The first-order valence-corrected chi connectivity index (χ1v) is 3.32. The Morgan fingerprint density at radius 2 is 2.56 bits per heavy atom. The first-order valence-electron chi connectivity index (χ1n) is 3.32. The van der Waals surface area contributed by atoms with Gasteiger partial charge in [0, 0.05) is 13.0 Å². The van der Waals surface area contributed by atoms with Crippen LogP contribution in [0.25, 0.3) is 0 Å². The van der Waals surface area contributed by atoms with Gasteiger partial charge in [0.05, 0.1) is 12.7 Å². The van der Waals surface area contributed by atoms with E-state index in [2.05, 4.69) is 6.08 Å². The van der Waals surface area contributed by atoms with Crippen LogP contribution in [0.1, 0.15) is 12.8 Å². The molecular formula is C7H12O2. The van der Waals surface area contributed by atoms with E-state index >= 15 is 0 Å². The molecule has 1 aliphatic heterocycles. The second kappa shape index (κ2) is 3.64. The molecule has 0 fully saturated rings. The fourth-order valence-electron chi connectivity index (χ4n) is 0.898. The number of rotatable bonds is 2. The van der Waals surface area contributed by atoms with Gasteiger partial charge in [0.15, 0.2) is 0 Å². The van der Waals surface area contributed by atoms with E-state index in [1.54, 1.807) is 0 Å². The Hall–Kier alpha value is -0.340. The van der Waals surface area contributed by atoms with Crippen molar-refractivity contribution in [2.45, 2.75) is 18.9 Å². The van der Waals surface area contributed by atoms with Crippen molar-refractivity contribution < 1.29 is 9.84 Å². The maximum Gasteiger partial charge on any atom is 0.0777 e. The highest BCUT2D eigenvalue weighted by Gasteiger charge is 2.05. The van der Waals surface area contributed by atoms with Crippen LogP contribution >= 0.6 is 0 Å². The second-order valence-electron chi connectivity index (χ2n) is 2.14. The topological polar surface area (TPSA) is 29.5 Å². The average Bonchev–Trinajstić information content (AvgIpc) is 1.91. The van der Waals surface area contributed by atoms with E-state index in [-0.39, 0.29) is 12.7 Å². The first-order chi connectivity index (χ1) is 4.43. The summed E-state index contributed by atoms with van der Waals surface area (Å²) in [6.07, 6.45) is 6.03. The zero-order valence-electron chi connectivity index (χ0n) is 5.42. The third-order valence-corrected chi connectivity index (χ3v) is 1.38.